The molecular formula is C32H38I6N6O14. The number of nitrogens with zero attached hydrogens (tertiary/aromatic N) is 2. The van der Waals surface area contributed by atoms with E-state index in [1.807, 2.05) is 45.2 Å². The van der Waals surface area contributed by atoms with Gasteiger partial charge < -0.3 is 51.5 Å². The molecule has 0 fully saturated rings. The van der Waals surface area contributed by atoms with Gasteiger partial charge in [0.1, 0.15) is 12.2 Å². The predicted octanol–water partition coefficient (Wildman–Crippen LogP) is -0.489. The third kappa shape index (κ3) is 14.2. The molecule has 2 aromatic carbocycles. The van der Waals surface area contributed by atoms with E-state index in [0.29, 0.717) is 17.2 Å². The van der Waals surface area contributed by atoms with Crippen molar-refractivity contribution in [3.63, 3.8) is 0 Å². The second kappa shape index (κ2) is 22.6. The van der Waals surface area contributed by atoms with Crippen molar-refractivity contribution in [1.82, 2.24) is 31.5 Å². The maximum absolute atomic E-state index is 14.4. The highest BCUT2D eigenvalue weighted by molar-refractivity contribution is 14.1. The van der Waals surface area contributed by atoms with Crippen molar-refractivity contribution in [2.24, 2.45) is 5.92 Å². The fraction of sp³-hybridized carbons (Fsp3) is 0.438. The van der Waals surface area contributed by atoms with E-state index in [4.69, 9.17) is 0 Å². The molecule has 0 aromatic heterocycles. The lowest BCUT2D eigenvalue weighted by molar-refractivity contribution is -0.137. The molecule has 322 valence electrons. The van der Waals surface area contributed by atoms with Crippen molar-refractivity contribution in [1.29, 1.82) is 0 Å². The maximum atomic E-state index is 14.4. The topological polar surface area (TPSA) is 319 Å². The van der Waals surface area contributed by atoms with Gasteiger partial charge in [-0.05, 0) is 175 Å². The first-order chi connectivity index (χ1) is 26.6. The third-order valence-corrected chi connectivity index (χ3v) is 13.2. The molecule has 0 saturated heterocycles. The monoisotopic (exact) mass is 1490 g/mol. The summed E-state index contributed by atoms with van der Waals surface area (Å²) in [5.41, 5.74) is -0.301. The van der Waals surface area contributed by atoms with Gasteiger partial charge >= 0.3 is 0 Å². The molecule has 2 rings (SSSR count). The van der Waals surface area contributed by atoms with Crippen LogP contribution in [0.4, 0.5) is 0 Å². The van der Waals surface area contributed by atoms with Gasteiger partial charge in [-0.15, -0.1) is 0 Å². The number of carbonyl (C=O) groups is 6. The van der Waals surface area contributed by atoms with Crippen LogP contribution in [0.25, 0.3) is 0 Å². The summed E-state index contributed by atoms with van der Waals surface area (Å²) in [6.45, 7) is 1.05. The van der Waals surface area contributed by atoms with Gasteiger partial charge in [0.25, 0.3) is 35.4 Å². The summed E-state index contributed by atoms with van der Waals surface area (Å²) in [7, 11) is 0. The molecule has 2 aromatic rings. The fourth-order valence-electron chi connectivity index (χ4n) is 4.48. The zero-order valence-electron chi connectivity index (χ0n) is 30.5. The fourth-order valence-corrected chi connectivity index (χ4v) is 13.1. The molecular weight excluding hydrogens is 1450 g/mol. The number of benzene rings is 2. The number of hydrazine groups is 2. The maximum Gasteiger partial charge on any atom is 0.274 e. The van der Waals surface area contributed by atoms with Gasteiger partial charge in [0, 0.05) is 27.3 Å². The lowest BCUT2D eigenvalue weighted by atomic mass is 10.1. The first kappa shape index (κ1) is 53.5. The second-order valence-electron chi connectivity index (χ2n) is 12.9. The number of halogens is 6. The first-order valence-corrected chi connectivity index (χ1v) is 22.7. The molecule has 6 amide bonds. The van der Waals surface area contributed by atoms with Crippen LogP contribution in [0.1, 0.15) is 69.1 Å². The molecule has 0 aliphatic heterocycles. The zero-order valence-corrected chi connectivity index (χ0v) is 43.4. The van der Waals surface area contributed by atoms with Gasteiger partial charge in [0.05, 0.1) is 48.6 Å². The zero-order chi connectivity index (χ0) is 44.8. The van der Waals surface area contributed by atoms with Crippen molar-refractivity contribution in [2.75, 3.05) is 26.3 Å². The Hall–Kier alpha value is -0.680. The summed E-state index contributed by atoms with van der Waals surface area (Å²) >= 11 is 10.6. The highest BCUT2D eigenvalue weighted by Crippen LogP contribution is 2.31. The van der Waals surface area contributed by atoms with Crippen LogP contribution in [0.2, 0.25) is 0 Å². The van der Waals surface area contributed by atoms with E-state index < -0.39 is 97.6 Å². The molecule has 0 aliphatic carbocycles. The molecule has 0 heterocycles. The van der Waals surface area contributed by atoms with Crippen LogP contribution in [-0.2, 0) is 9.59 Å². The van der Waals surface area contributed by atoms with Crippen molar-refractivity contribution in [2.45, 2.75) is 57.6 Å². The molecule has 0 saturated carbocycles. The van der Waals surface area contributed by atoms with E-state index >= 15 is 0 Å². The third-order valence-electron chi connectivity index (χ3n) is 7.60. The van der Waals surface area contributed by atoms with Crippen LogP contribution in [-0.4, -0.2) is 143 Å². The molecule has 20 nitrogen and oxygen atoms in total. The molecule has 0 bridgehead atoms. The average Bonchev–Trinajstić information content (AvgIpc) is 3.08. The highest BCUT2D eigenvalue weighted by Gasteiger charge is 2.36. The summed E-state index contributed by atoms with van der Waals surface area (Å²) < 4.78 is 1.13. The Morgan fingerprint density at radius 2 is 0.897 bits per heavy atom. The van der Waals surface area contributed by atoms with Gasteiger partial charge in [-0.25, -0.2) is 10.0 Å². The van der Waals surface area contributed by atoms with Crippen molar-refractivity contribution in [3.8, 4) is 0 Å². The van der Waals surface area contributed by atoms with Crippen LogP contribution in [0.5, 0.6) is 0 Å². The Morgan fingerprint density at radius 3 is 1.16 bits per heavy atom. The molecule has 58 heavy (non-hydrogen) atoms. The number of hydrogen-bond acceptors (Lipinski definition) is 14. The van der Waals surface area contributed by atoms with Crippen LogP contribution in [0.3, 0.4) is 0 Å². The van der Waals surface area contributed by atoms with E-state index in [-0.39, 0.29) is 36.5 Å². The number of hydrogen-bond donors (Lipinski definition) is 12. The number of aliphatic hydroxyl groups is 8. The molecule has 26 heteroatoms. The van der Waals surface area contributed by atoms with Gasteiger partial charge in [-0.1, -0.05) is 0 Å². The lowest BCUT2D eigenvalue weighted by Crippen LogP contribution is -2.57. The Bertz CT molecular complexity index is 1800. The lowest BCUT2D eigenvalue weighted by Gasteiger charge is -2.34. The minimum absolute atomic E-state index is 0.00624. The van der Waals surface area contributed by atoms with E-state index in [1.54, 1.807) is 90.4 Å². The molecule has 0 spiro atoms. The van der Waals surface area contributed by atoms with Gasteiger partial charge in [-0.2, -0.15) is 0 Å². The number of aliphatic hydroxyl groups excluding tert-OH is 5. The van der Waals surface area contributed by atoms with Crippen molar-refractivity contribution in [3.05, 3.63) is 55.8 Å². The van der Waals surface area contributed by atoms with Crippen LogP contribution >= 0.6 is 136 Å². The van der Waals surface area contributed by atoms with Gasteiger partial charge in [0.2, 0.25) is 0 Å². The standard InChI is InChI=1S/C32H38I6N6O14/c1-11(47)24(49)41-43(28(53)20-16(35)5-14(33)18(22(20)37)26(51)39-31(3,57)9-45)7-13(30(55)56)8-44(42-25(50)12(2)48)29(54)21-17(36)6-15(34)19(23(21)38)27(52)40-32(4,58)10-46/h5-6,11-13,30,45-48,55-58H,7-10H2,1-4H3,(H,39,51)(H,40,52)(H,41,49)(H,42,50). The van der Waals surface area contributed by atoms with E-state index in [2.05, 4.69) is 21.5 Å². The number of nitrogens with one attached hydrogen (secondary N) is 4. The average molecular weight is 1490 g/mol. The van der Waals surface area contributed by atoms with Crippen LogP contribution in [0, 0.1) is 27.3 Å². The Morgan fingerprint density at radius 1 is 0.603 bits per heavy atom. The number of amides is 6. The summed E-state index contributed by atoms with van der Waals surface area (Å²) in [6, 6.07) is 2.86. The van der Waals surface area contributed by atoms with Crippen molar-refractivity contribution < 1.29 is 69.6 Å². The van der Waals surface area contributed by atoms with Crippen LogP contribution < -0.4 is 21.5 Å². The minimum Gasteiger partial charge on any atom is -0.391 e. The largest absolute Gasteiger partial charge is 0.391 e. The normalized spacial score (nSPS) is 14.9. The Balaban J connectivity index is 2.76. The molecule has 4 atom stereocenters. The molecule has 0 aliphatic rings. The van der Waals surface area contributed by atoms with E-state index in [9.17, 15) is 69.6 Å². The Kier molecular flexibility index (Phi) is 20.8. The quantitative estimate of drug-likeness (QED) is 0.0609. The second-order valence-corrected chi connectivity index (χ2v) is 19.7. The molecule has 12 N–H and O–H groups in total. The summed E-state index contributed by atoms with van der Waals surface area (Å²) in [6.07, 6.45) is -5.80. The smallest absolute Gasteiger partial charge is 0.274 e. The van der Waals surface area contributed by atoms with Gasteiger partial charge in [0.15, 0.2) is 17.7 Å². The summed E-state index contributed by atoms with van der Waals surface area (Å²) in [5, 5.41) is 86.5. The van der Waals surface area contributed by atoms with Crippen molar-refractivity contribution >= 4 is 171 Å². The number of rotatable bonds is 15. The minimum atomic E-state index is -2.40. The van der Waals surface area contributed by atoms with E-state index in [0.717, 1.165) is 27.7 Å². The Labute approximate surface area is 412 Å². The first-order valence-electron chi connectivity index (χ1n) is 16.2. The molecule has 0 radical (unpaired) electrons. The predicted molar refractivity (Wildman–Crippen MR) is 253 cm³/mol. The summed E-state index contributed by atoms with van der Waals surface area (Å²) in [4.78, 5) is 80.9. The van der Waals surface area contributed by atoms with E-state index in [1.165, 1.54) is 12.1 Å². The highest BCUT2D eigenvalue weighted by atomic mass is 127. The SMILES string of the molecule is CC(O)C(=O)NN(CC(CN(NC(=O)C(C)O)C(=O)c1c(I)cc(I)c(C(=O)NC(C)(O)CO)c1I)C(O)O)C(=O)c1c(I)cc(I)c(C(=O)NC(C)(O)CO)c1I. The van der Waals surface area contributed by atoms with Gasteiger partial charge in [-0.3, -0.25) is 39.6 Å². The van der Waals surface area contributed by atoms with Crippen LogP contribution in [0.15, 0.2) is 12.1 Å². The number of carbonyl (C=O) groups excluding carboxylic acids is 6. The summed E-state index contributed by atoms with van der Waals surface area (Å²) in [5.74, 6) is -7.79. The molecule has 4 unspecified atom stereocenters.